The number of hydrogen-bond acceptors (Lipinski definition) is 4. The van der Waals surface area contributed by atoms with Gasteiger partial charge in [0, 0.05) is 17.7 Å². The molecule has 0 bridgehead atoms. The van der Waals surface area contributed by atoms with Gasteiger partial charge in [0.05, 0.1) is 6.61 Å². The van der Waals surface area contributed by atoms with Crippen LogP contribution in [0.5, 0.6) is 5.75 Å². The minimum Gasteiger partial charge on any atom is -0.494 e. The van der Waals surface area contributed by atoms with Crippen molar-refractivity contribution in [3.63, 3.8) is 0 Å². The van der Waals surface area contributed by atoms with E-state index in [0.29, 0.717) is 30.7 Å². The Morgan fingerprint density at radius 3 is 2.26 bits per heavy atom. The maximum absolute atomic E-state index is 12.1. The van der Waals surface area contributed by atoms with Gasteiger partial charge < -0.3 is 20.5 Å². The topological polar surface area (TPSA) is 105 Å². The molecule has 0 radical (unpaired) electrons. The van der Waals surface area contributed by atoms with Gasteiger partial charge in [-0.05, 0) is 55.3 Å². The molecule has 27 heavy (non-hydrogen) atoms. The molecule has 2 amide bonds. The Morgan fingerprint density at radius 1 is 1.00 bits per heavy atom. The average molecular weight is 370 g/mol. The SMILES string of the molecule is CCOc1ccc(CCC(=O)Nc2ccc(C(=O)NCC(=O)O)cc2)cc1. The summed E-state index contributed by atoms with van der Waals surface area (Å²) in [7, 11) is 0. The fourth-order valence-corrected chi connectivity index (χ4v) is 2.36. The van der Waals surface area contributed by atoms with Gasteiger partial charge in [-0.3, -0.25) is 14.4 Å². The summed E-state index contributed by atoms with van der Waals surface area (Å²) in [4.78, 5) is 34.3. The summed E-state index contributed by atoms with van der Waals surface area (Å²) in [5.41, 5.74) is 1.93. The van der Waals surface area contributed by atoms with Crippen molar-refractivity contribution >= 4 is 23.5 Å². The second-order valence-electron chi connectivity index (χ2n) is 5.78. The number of carboxylic acids is 1. The minimum absolute atomic E-state index is 0.132. The molecular formula is C20H22N2O5. The molecule has 2 aromatic carbocycles. The van der Waals surface area contributed by atoms with Crippen molar-refractivity contribution in [1.29, 1.82) is 0 Å². The number of nitrogens with one attached hydrogen (secondary N) is 2. The first kappa shape index (κ1) is 20.0. The zero-order valence-electron chi connectivity index (χ0n) is 15.0. The molecule has 142 valence electrons. The van der Waals surface area contributed by atoms with Crippen LogP contribution in [0.3, 0.4) is 0 Å². The first-order chi connectivity index (χ1) is 13.0. The molecule has 2 aromatic rings. The van der Waals surface area contributed by atoms with Crippen LogP contribution in [0, 0.1) is 0 Å². The van der Waals surface area contributed by atoms with Gasteiger partial charge in [0.15, 0.2) is 0 Å². The lowest BCUT2D eigenvalue weighted by Crippen LogP contribution is -2.29. The van der Waals surface area contributed by atoms with Crippen LogP contribution in [0.1, 0.15) is 29.3 Å². The Kier molecular flexibility index (Phi) is 7.37. The number of amides is 2. The van der Waals surface area contributed by atoms with E-state index in [1.54, 1.807) is 12.1 Å². The Balaban J connectivity index is 1.81. The molecule has 0 saturated carbocycles. The Morgan fingerprint density at radius 2 is 1.67 bits per heavy atom. The smallest absolute Gasteiger partial charge is 0.322 e. The second-order valence-corrected chi connectivity index (χ2v) is 5.78. The highest BCUT2D eigenvalue weighted by Crippen LogP contribution is 2.14. The molecular weight excluding hydrogens is 348 g/mol. The number of carboxylic acid groups (broad SMARTS) is 1. The van der Waals surface area contributed by atoms with E-state index in [1.165, 1.54) is 12.1 Å². The Bertz CT molecular complexity index is 785. The molecule has 0 fully saturated rings. The zero-order chi connectivity index (χ0) is 19.6. The molecule has 0 heterocycles. The van der Waals surface area contributed by atoms with Gasteiger partial charge in [0.2, 0.25) is 5.91 Å². The van der Waals surface area contributed by atoms with Gasteiger partial charge in [-0.15, -0.1) is 0 Å². The molecule has 0 aliphatic heterocycles. The highest BCUT2D eigenvalue weighted by Gasteiger charge is 2.08. The monoisotopic (exact) mass is 370 g/mol. The van der Waals surface area contributed by atoms with Crippen LogP contribution in [0.15, 0.2) is 48.5 Å². The van der Waals surface area contributed by atoms with E-state index in [9.17, 15) is 14.4 Å². The second kappa shape index (κ2) is 9.96. The van der Waals surface area contributed by atoms with Crippen LogP contribution in [-0.2, 0) is 16.0 Å². The molecule has 2 rings (SSSR count). The average Bonchev–Trinajstić information content (AvgIpc) is 2.66. The van der Waals surface area contributed by atoms with Crippen LogP contribution >= 0.6 is 0 Å². The number of anilines is 1. The number of ether oxygens (including phenoxy) is 1. The van der Waals surface area contributed by atoms with Crippen molar-refractivity contribution in [2.24, 2.45) is 0 Å². The summed E-state index contributed by atoms with van der Waals surface area (Å²) in [6.07, 6.45) is 0.933. The highest BCUT2D eigenvalue weighted by atomic mass is 16.5. The minimum atomic E-state index is -1.11. The van der Waals surface area contributed by atoms with E-state index in [4.69, 9.17) is 9.84 Å². The lowest BCUT2D eigenvalue weighted by atomic mass is 10.1. The predicted molar refractivity (Wildman–Crippen MR) is 101 cm³/mol. The van der Waals surface area contributed by atoms with E-state index in [0.717, 1.165) is 11.3 Å². The van der Waals surface area contributed by atoms with Gasteiger partial charge in [0.25, 0.3) is 5.91 Å². The third kappa shape index (κ3) is 6.81. The maximum atomic E-state index is 12.1. The van der Waals surface area contributed by atoms with E-state index in [1.807, 2.05) is 31.2 Å². The summed E-state index contributed by atoms with van der Waals surface area (Å²) in [5, 5.41) is 13.6. The largest absolute Gasteiger partial charge is 0.494 e. The summed E-state index contributed by atoms with van der Waals surface area (Å²) >= 11 is 0. The van der Waals surface area contributed by atoms with E-state index in [2.05, 4.69) is 10.6 Å². The van der Waals surface area contributed by atoms with Crippen LogP contribution in [0.4, 0.5) is 5.69 Å². The highest BCUT2D eigenvalue weighted by molar-refractivity contribution is 5.97. The Hall–Kier alpha value is -3.35. The van der Waals surface area contributed by atoms with Gasteiger partial charge in [0.1, 0.15) is 12.3 Å². The van der Waals surface area contributed by atoms with Gasteiger partial charge in [-0.2, -0.15) is 0 Å². The number of aliphatic carboxylic acids is 1. The van der Waals surface area contributed by atoms with Crippen molar-refractivity contribution in [3.8, 4) is 5.75 Å². The first-order valence-electron chi connectivity index (χ1n) is 8.59. The molecule has 0 spiro atoms. The summed E-state index contributed by atoms with van der Waals surface area (Å²) < 4.78 is 5.38. The predicted octanol–water partition coefficient (Wildman–Crippen LogP) is 2.47. The molecule has 0 aliphatic carbocycles. The fraction of sp³-hybridized carbons (Fsp3) is 0.250. The molecule has 0 atom stereocenters. The fourth-order valence-electron chi connectivity index (χ4n) is 2.36. The van der Waals surface area contributed by atoms with Gasteiger partial charge in [-0.1, -0.05) is 12.1 Å². The quantitative estimate of drug-likeness (QED) is 0.629. The number of carbonyl (C=O) groups is 3. The van der Waals surface area contributed by atoms with E-state index in [-0.39, 0.29) is 5.91 Å². The van der Waals surface area contributed by atoms with E-state index >= 15 is 0 Å². The number of rotatable bonds is 9. The molecule has 7 nitrogen and oxygen atoms in total. The third-order valence-electron chi connectivity index (χ3n) is 3.71. The van der Waals surface area contributed by atoms with Crippen LogP contribution in [0.2, 0.25) is 0 Å². The van der Waals surface area contributed by atoms with Crippen LogP contribution < -0.4 is 15.4 Å². The maximum Gasteiger partial charge on any atom is 0.322 e. The molecule has 3 N–H and O–H groups in total. The van der Waals surface area contributed by atoms with Crippen LogP contribution in [0.25, 0.3) is 0 Å². The van der Waals surface area contributed by atoms with Crippen molar-refractivity contribution < 1.29 is 24.2 Å². The summed E-state index contributed by atoms with van der Waals surface area (Å²) in [5.74, 6) is -0.921. The van der Waals surface area contributed by atoms with Crippen molar-refractivity contribution in [2.75, 3.05) is 18.5 Å². The summed E-state index contributed by atoms with van der Waals surface area (Å²) in [6, 6.07) is 13.9. The summed E-state index contributed by atoms with van der Waals surface area (Å²) in [6.45, 7) is 2.10. The lowest BCUT2D eigenvalue weighted by Gasteiger charge is -2.08. The van der Waals surface area contributed by atoms with Crippen molar-refractivity contribution in [1.82, 2.24) is 5.32 Å². The van der Waals surface area contributed by atoms with E-state index < -0.39 is 18.4 Å². The zero-order valence-corrected chi connectivity index (χ0v) is 15.0. The molecule has 0 aromatic heterocycles. The van der Waals surface area contributed by atoms with Gasteiger partial charge in [-0.25, -0.2) is 0 Å². The van der Waals surface area contributed by atoms with Crippen LogP contribution in [-0.4, -0.2) is 36.0 Å². The number of hydrogen-bond donors (Lipinski definition) is 3. The van der Waals surface area contributed by atoms with Crippen molar-refractivity contribution in [2.45, 2.75) is 19.8 Å². The Labute approximate surface area is 157 Å². The normalized spacial score (nSPS) is 10.1. The van der Waals surface area contributed by atoms with Crippen molar-refractivity contribution in [3.05, 3.63) is 59.7 Å². The standard InChI is InChI=1S/C20H22N2O5/c1-2-27-17-10-3-14(4-11-17)5-12-18(23)22-16-8-6-15(7-9-16)20(26)21-13-19(24)25/h3-4,6-11H,2,5,12-13H2,1H3,(H,21,26)(H,22,23)(H,24,25). The number of carbonyl (C=O) groups excluding carboxylic acids is 2. The lowest BCUT2D eigenvalue weighted by molar-refractivity contribution is -0.135. The first-order valence-corrected chi connectivity index (χ1v) is 8.59. The molecule has 0 unspecified atom stereocenters. The molecule has 7 heteroatoms. The number of benzene rings is 2. The molecule has 0 aliphatic rings. The third-order valence-corrected chi connectivity index (χ3v) is 3.71. The molecule has 0 saturated heterocycles. The number of aryl methyl sites for hydroxylation is 1. The van der Waals surface area contributed by atoms with Gasteiger partial charge >= 0.3 is 5.97 Å².